The number of nitrogens with zero attached hydrogens (tertiary/aromatic N) is 1. The minimum Gasteiger partial charge on any atom is -0.317 e. The molecule has 114 valence electrons. The Morgan fingerprint density at radius 2 is 1.83 bits per heavy atom. The molecule has 0 aliphatic rings. The number of carbonyl (C=O) groups excluding carboxylic acids is 1. The molecular formula is C17H12ClN3OS. The summed E-state index contributed by atoms with van der Waals surface area (Å²) < 4.78 is 0. The van der Waals surface area contributed by atoms with Crippen LogP contribution in [-0.4, -0.2) is 16.0 Å². The molecule has 0 unspecified atom stereocenters. The van der Waals surface area contributed by atoms with Gasteiger partial charge in [-0.2, -0.15) is 0 Å². The molecule has 3 rings (SSSR count). The van der Waals surface area contributed by atoms with Crippen molar-refractivity contribution in [3.05, 3.63) is 71.4 Å². The zero-order chi connectivity index (χ0) is 16.2. The molecule has 0 saturated carbocycles. The van der Waals surface area contributed by atoms with Crippen LogP contribution >= 0.6 is 23.8 Å². The van der Waals surface area contributed by atoms with Crippen molar-refractivity contribution < 1.29 is 4.79 Å². The second kappa shape index (κ2) is 6.73. The van der Waals surface area contributed by atoms with Crippen molar-refractivity contribution in [1.82, 2.24) is 10.3 Å². The predicted octanol–water partition coefficient (Wildman–Crippen LogP) is 4.02. The molecule has 2 aromatic carbocycles. The van der Waals surface area contributed by atoms with E-state index in [1.54, 1.807) is 18.2 Å². The van der Waals surface area contributed by atoms with Gasteiger partial charge in [0.15, 0.2) is 5.11 Å². The maximum absolute atomic E-state index is 12.3. The van der Waals surface area contributed by atoms with Crippen LogP contribution in [0.2, 0.25) is 5.02 Å². The molecule has 3 aromatic rings. The molecule has 4 nitrogen and oxygen atoms in total. The monoisotopic (exact) mass is 341 g/mol. The van der Waals surface area contributed by atoms with Gasteiger partial charge in [-0.15, -0.1) is 0 Å². The lowest BCUT2D eigenvalue weighted by molar-refractivity contribution is 0.0978. The highest BCUT2D eigenvalue weighted by Gasteiger charge is 2.09. The number of pyridine rings is 1. The molecule has 0 bridgehead atoms. The number of rotatable bonds is 2. The van der Waals surface area contributed by atoms with Crippen LogP contribution < -0.4 is 10.6 Å². The number of nitrogens with one attached hydrogen (secondary N) is 2. The number of anilines is 1. The van der Waals surface area contributed by atoms with Gasteiger partial charge in [-0.05, 0) is 47.3 Å². The first-order chi connectivity index (χ1) is 11.1. The Labute approximate surface area is 143 Å². The van der Waals surface area contributed by atoms with Gasteiger partial charge in [0, 0.05) is 11.8 Å². The number of carbonyl (C=O) groups is 1. The van der Waals surface area contributed by atoms with E-state index in [1.807, 2.05) is 36.4 Å². The van der Waals surface area contributed by atoms with Crippen LogP contribution in [0.15, 0.2) is 60.8 Å². The summed E-state index contributed by atoms with van der Waals surface area (Å²) in [4.78, 5) is 16.3. The molecule has 1 amide bonds. The Bertz CT molecular complexity index is 880. The van der Waals surface area contributed by atoms with Crippen LogP contribution in [0.5, 0.6) is 0 Å². The molecule has 0 saturated heterocycles. The third kappa shape index (κ3) is 3.83. The summed E-state index contributed by atoms with van der Waals surface area (Å²) in [5.41, 5.74) is 0.539. The quantitative estimate of drug-likeness (QED) is 0.691. The van der Waals surface area contributed by atoms with Crippen molar-refractivity contribution in [1.29, 1.82) is 0 Å². The second-order valence-corrected chi connectivity index (χ2v) is 5.68. The van der Waals surface area contributed by atoms with Crippen molar-refractivity contribution in [3.8, 4) is 0 Å². The molecule has 0 aliphatic carbocycles. The molecule has 23 heavy (non-hydrogen) atoms. The lowest BCUT2D eigenvalue weighted by Crippen LogP contribution is -2.34. The Morgan fingerprint density at radius 1 is 1.04 bits per heavy atom. The summed E-state index contributed by atoms with van der Waals surface area (Å²) in [6.45, 7) is 0. The van der Waals surface area contributed by atoms with Gasteiger partial charge in [0.25, 0.3) is 5.91 Å². The standard InChI is InChI=1S/C17H12ClN3OS/c18-14-7-8-15(19-10-14)20-17(23)21-16(22)13-6-5-11-3-1-2-4-12(11)9-13/h1-10H,(H2,19,20,21,22,23). The maximum atomic E-state index is 12.3. The SMILES string of the molecule is O=C(NC(=S)Nc1ccc(Cl)cn1)c1ccc2ccccc2c1. The highest BCUT2D eigenvalue weighted by Crippen LogP contribution is 2.15. The molecule has 0 atom stereocenters. The van der Waals surface area contributed by atoms with E-state index in [0.29, 0.717) is 16.4 Å². The van der Waals surface area contributed by atoms with Crippen LogP contribution in [0.3, 0.4) is 0 Å². The molecule has 1 heterocycles. The average molecular weight is 342 g/mol. The van der Waals surface area contributed by atoms with E-state index in [4.69, 9.17) is 23.8 Å². The van der Waals surface area contributed by atoms with Gasteiger partial charge in [-0.1, -0.05) is 41.9 Å². The zero-order valence-electron chi connectivity index (χ0n) is 11.9. The van der Waals surface area contributed by atoms with Crippen LogP contribution in [0.1, 0.15) is 10.4 Å². The van der Waals surface area contributed by atoms with Gasteiger partial charge in [-0.25, -0.2) is 4.98 Å². The topological polar surface area (TPSA) is 54.0 Å². The second-order valence-electron chi connectivity index (χ2n) is 4.83. The predicted molar refractivity (Wildman–Crippen MR) is 96.9 cm³/mol. The smallest absolute Gasteiger partial charge is 0.257 e. The minimum absolute atomic E-state index is 0.179. The van der Waals surface area contributed by atoms with Crippen molar-refractivity contribution in [2.75, 3.05) is 5.32 Å². The fraction of sp³-hybridized carbons (Fsp3) is 0. The molecule has 0 radical (unpaired) electrons. The zero-order valence-corrected chi connectivity index (χ0v) is 13.5. The fourth-order valence-electron chi connectivity index (χ4n) is 2.10. The lowest BCUT2D eigenvalue weighted by atomic mass is 10.1. The van der Waals surface area contributed by atoms with Crippen LogP contribution in [-0.2, 0) is 0 Å². The Morgan fingerprint density at radius 3 is 2.57 bits per heavy atom. The first-order valence-corrected chi connectivity index (χ1v) is 7.63. The Balaban J connectivity index is 1.69. The van der Waals surface area contributed by atoms with E-state index >= 15 is 0 Å². The van der Waals surface area contributed by atoms with Crippen molar-refractivity contribution in [2.24, 2.45) is 0 Å². The minimum atomic E-state index is -0.276. The Hall–Kier alpha value is -2.50. The van der Waals surface area contributed by atoms with Crippen molar-refractivity contribution in [3.63, 3.8) is 0 Å². The van der Waals surface area contributed by atoms with E-state index in [2.05, 4.69) is 15.6 Å². The molecular weight excluding hydrogens is 330 g/mol. The summed E-state index contributed by atoms with van der Waals surface area (Å²) in [5, 5.41) is 8.25. The molecule has 1 aromatic heterocycles. The number of aromatic nitrogens is 1. The van der Waals surface area contributed by atoms with Crippen LogP contribution in [0.4, 0.5) is 5.82 Å². The summed E-state index contributed by atoms with van der Waals surface area (Å²) in [6, 6.07) is 16.7. The largest absolute Gasteiger partial charge is 0.317 e. The molecule has 2 N–H and O–H groups in total. The van der Waals surface area contributed by atoms with Crippen LogP contribution in [0.25, 0.3) is 10.8 Å². The third-order valence-electron chi connectivity index (χ3n) is 3.21. The van der Waals surface area contributed by atoms with Gasteiger partial charge in [0.05, 0.1) is 5.02 Å². The molecule has 6 heteroatoms. The number of amides is 1. The van der Waals surface area contributed by atoms with Crippen LogP contribution in [0, 0.1) is 0 Å². The third-order valence-corrected chi connectivity index (χ3v) is 3.64. The van der Waals surface area contributed by atoms with Gasteiger partial charge in [-0.3, -0.25) is 10.1 Å². The van der Waals surface area contributed by atoms with Crippen molar-refractivity contribution in [2.45, 2.75) is 0 Å². The van der Waals surface area contributed by atoms with E-state index in [1.165, 1.54) is 6.20 Å². The van der Waals surface area contributed by atoms with E-state index < -0.39 is 0 Å². The normalized spacial score (nSPS) is 10.3. The first kappa shape index (κ1) is 15.4. The summed E-state index contributed by atoms with van der Waals surface area (Å²) in [7, 11) is 0. The van der Waals surface area contributed by atoms with Gasteiger partial charge in [0.1, 0.15) is 5.82 Å². The highest BCUT2D eigenvalue weighted by atomic mass is 35.5. The highest BCUT2D eigenvalue weighted by molar-refractivity contribution is 7.80. The summed E-state index contributed by atoms with van der Waals surface area (Å²) in [6.07, 6.45) is 1.50. The fourth-order valence-corrected chi connectivity index (χ4v) is 2.41. The van der Waals surface area contributed by atoms with Gasteiger partial charge < -0.3 is 5.32 Å². The number of hydrogen-bond donors (Lipinski definition) is 2. The number of benzene rings is 2. The van der Waals surface area contributed by atoms with E-state index in [9.17, 15) is 4.79 Å². The van der Waals surface area contributed by atoms with E-state index in [0.717, 1.165) is 10.8 Å². The average Bonchev–Trinajstić information content (AvgIpc) is 2.56. The molecule has 0 fully saturated rings. The number of hydrogen-bond acceptors (Lipinski definition) is 3. The first-order valence-electron chi connectivity index (χ1n) is 6.84. The number of fused-ring (bicyclic) bond motifs is 1. The number of thiocarbonyl (C=S) groups is 1. The summed E-state index contributed by atoms with van der Waals surface area (Å²) in [5.74, 6) is 0.237. The molecule has 0 spiro atoms. The van der Waals surface area contributed by atoms with E-state index in [-0.39, 0.29) is 11.0 Å². The Kier molecular flexibility index (Phi) is 4.50. The van der Waals surface area contributed by atoms with Gasteiger partial charge >= 0.3 is 0 Å². The molecule has 0 aliphatic heterocycles. The maximum Gasteiger partial charge on any atom is 0.257 e. The lowest BCUT2D eigenvalue weighted by Gasteiger charge is -2.09. The number of halogens is 1. The summed E-state index contributed by atoms with van der Waals surface area (Å²) >= 11 is 10.9. The van der Waals surface area contributed by atoms with Crippen molar-refractivity contribution >= 4 is 51.4 Å². The van der Waals surface area contributed by atoms with Gasteiger partial charge in [0.2, 0.25) is 0 Å².